The lowest BCUT2D eigenvalue weighted by Gasteiger charge is -2.11. The molecule has 0 aromatic carbocycles. The first kappa shape index (κ1) is 11.6. The van der Waals surface area contributed by atoms with E-state index in [0.29, 0.717) is 5.56 Å². The van der Waals surface area contributed by atoms with E-state index >= 15 is 0 Å². The third-order valence-electron chi connectivity index (χ3n) is 1.92. The predicted octanol–water partition coefficient (Wildman–Crippen LogP) is -0.640. The number of aromatic nitrogens is 1. The third kappa shape index (κ3) is 5.09. The fourth-order valence-electron chi connectivity index (χ4n) is 1.12. The molecule has 0 bridgehead atoms. The molecule has 5 heteroatoms. The Labute approximate surface area is 89.1 Å². The second-order valence-electron chi connectivity index (χ2n) is 3.10. The highest BCUT2D eigenvalue weighted by molar-refractivity contribution is 5.92. The molecule has 1 aliphatic rings. The normalized spacial score (nSPS) is 14.9. The molecule has 1 amide bonds. The average molecular weight is 208 g/mol. The van der Waals surface area contributed by atoms with Gasteiger partial charge in [0, 0.05) is 44.1 Å². The number of nitrogens with one attached hydrogen (secondary N) is 2. The van der Waals surface area contributed by atoms with Gasteiger partial charge < -0.3 is 16.4 Å². The van der Waals surface area contributed by atoms with Crippen molar-refractivity contribution in [1.29, 1.82) is 0 Å². The zero-order valence-corrected chi connectivity index (χ0v) is 8.57. The number of primary amides is 1. The Bertz CT molecular complexity index is 273. The van der Waals surface area contributed by atoms with E-state index in [1.165, 1.54) is 12.4 Å². The zero-order valence-electron chi connectivity index (χ0n) is 8.57. The number of hydrogen-bond acceptors (Lipinski definition) is 4. The molecule has 0 saturated carbocycles. The highest BCUT2D eigenvalue weighted by Crippen LogP contribution is 1.91. The van der Waals surface area contributed by atoms with Gasteiger partial charge in [-0.15, -0.1) is 0 Å². The summed E-state index contributed by atoms with van der Waals surface area (Å²) in [7, 11) is 0. The minimum atomic E-state index is -0.419. The second kappa shape index (κ2) is 6.92. The smallest absolute Gasteiger partial charge is 0.248 e. The summed E-state index contributed by atoms with van der Waals surface area (Å²) in [6.45, 7) is 4.56. The summed E-state index contributed by atoms with van der Waals surface area (Å²) in [5, 5.41) is 6.44. The van der Waals surface area contributed by atoms with Crippen LogP contribution in [0.25, 0.3) is 0 Å². The van der Waals surface area contributed by atoms with Gasteiger partial charge in [-0.1, -0.05) is 0 Å². The average Bonchev–Trinajstić information content (AvgIpc) is 2.33. The molecule has 0 atom stereocenters. The maximum absolute atomic E-state index is 10.4. The molecule has 15 heavy (non-hydrogen) atoms. The minimum absolute atomic E-state index is 0.419. The first-order valence-corrected chi connectivity index (χ1v) is 4.92. The summed E-state index contributed by atoms with van der Waals surface area (Å²) in [5.74, 6) is -0.419. The van der Waals surface area contributed by atoms with Crippen molar-refractivity contribution in [3.8, 4) is 0 Å². The standard InChI is InChI=1S/C6H6N2O.C4H10N2/c7-6(9)5-1-3-8-4-2-5;1-2-6-4-3-5-1/h1-4H,(H2,7,9);5-6H,1-4H2. The number of piperazine rings is 1. The van der Waals surface area contributed by atoms with Gasteiger partial charge in [0.05, 0.1) is 0 Å². The quantitative estimate of drug-likeness (QED) is 0.573. The van der Waals surface area contributed by atoms with Gasteiger partial charge in [-0.25, -0.2) is 0 Å². The maximum Gasteiger partial charge on any atom is 0.248 e. The Balaban J connectivity index is 0.000000162. The molecule has 1 aliphatic heterocycles. The number of carbonyl (C=O) groups excluding carboxylic acids is 1. The van der Waals surface area contributed by atoms with Gasteiger partial charge in [0.25, 0.3) is 0 Å². The first-order chi connectivity index (χ1) is 7.30. The molecular weight excluding hydrogens is 192 g/mol. The summed E-state index contributed by atoms with van der Waals surface area (Å²) in [4.78, 5) is 14.1. The van der Waals surface area contributed by atoms with E-state index in [2.05, 4.69) is 15.6 Å². The van der Waals surface area contributed by atoms with Crippen LogP contribution in [-0.4, -0.2) is 37.1 Å². The molecule has 1 aromatic heterocycles. The van der Waals surface area contributed by atoms with Gasteiger partial charge in [-0.05, 0) is 12.1 Å². The maximum atomic E-state index is 10.4. The van der Waals surface area contributed by atoms with Gasteiger partial charge in [0.15, 0.2) is 0 Å². The number of amides is 1. The molecule has 1 fully saturated rings. The van der Waals surface area contributed by atoms with Crippen molar-refractivity contribution in [3.05, 3.63) is 30.1 Å². The highest BCUT2D eigenvalue weighted by atomic mass is 16.1. The molecule has 0 radical (unpaired) electrons. The molecule has 1 saturated heterocycles. The van der Waals surface area contributed by atoms with Crippen molar-refractivity contribution in [2.24, 2.45) is 5.73 Å². The van der Waals surface area contributed by atoms with Crippen LogP contribution in [0, 0.1) is 0 Å². The second-order valence-corrected chi connectivity index (χ2v) is 3.10. The SMILES string of the molecule is C1CNCCN1.NC(=O)c1ccncc1. The summed E-state index contributed by atoms with van der Waals surface area (Å²) >= 11 is 0. The molecule has 2 rings (SSSR count). The molecule has 0 aliphatic carbocycles. The van der Waals surface area contributed by atoms with Gasteiger partial charge in [0.1, 0.15) is 0 Å². The zero-order chi connectivity index (χ0) is 10.9. The van der Waals surface area contributed by atoms with Crippen molar-refractivity contribution in [3.63, 3.8) is 0 Å². The first-order valence-electron chi connectivity index (χ1n) is 4.92. The van der Waals surface area contributed by atoms with Crippen LogP contribution in [0.4, 0.5) is 0 Å². The lowest BCUT2D eigenvalue weighted by atomic mass is 10.3. The van der Waals surface area contributed by atoms with Crippen LogP contribution < -0.4 is 16.4 Å². The van der Waals surface area contributed by atoms with Crippen molar-refractivity contribution in [2.45, 2.75) is 0 Å². The van der Waals surface area contributed by atoms with Gasteiger partial charge in [-0.3, -0.25) is 9.78 Å². The van der Waals surface area contributed by atoms with E-state index in [-0.39, 0.29) is 0 Å². The molecule has 4 N–H and O–H groups in total. The number of nitrogens with two attached hydrogens (primary N) is 1. The van der Waals surface area contributed by atoms with Crippen LogP contribution in [0.5, 0.6) is 0 Å². The van der Waals surface area contributed by atoms with Gasteiger partial charge in [0.2, 0.25) is 5.91 Å². The number of pyridine rings is 1. The molecule has 1 aromatic rings. The predicted molar refractivity (Wildman–Crippen MR) is 58.5 cm³/mol. The van der Waals surface area contributed by atoms with Gasteiger partial charge >= 0.3 is 0 Å². The fraction of sp³-hybridized carbons (Fsp3) is 0.400. The lowest BCUT2D eigenvalue weighted by molar-refractivity contribution is 0.1000. The van der Waals surface area contributed by atoms with Crippen LogP contribution in [-0.2, 0) is 0 Å². The highest BCUT2D eigenvalue weighted by Gasteiger charge is 1.94. The van der Waals surface area contributed by atoms with E-state index < -0.39 is 5.91 Å². The van der Waals surface area contributed by atoms with E-state index in [4.69, 9.17) is 5.73 Å². The molecule has 2 heterocycles. The fourth-order valence-corrected chi connectivity index (χ4v) is 1.12. The van der Waals surface area contributed by atoms with Crippen molar-refractivity contribution < 1.29 is 4.79 Å². The minimum Gasteiger partial charge on any atom is -0.366 e. The van der Waals surface area contributed by atoms with Crippen LogP contribution in [0.2, 0.25) is 0 Å². The largest absolute Gasteiger partial charge is 0.366 e. The summed E-state index contributed by atoms with van der Waals surface area (Å²) in [6, 6.07) is 3.14. The molecular formula is C10H16N4O. The topological polar surface area (TPSA) is 80.0 Å². The summed E-state index contributed by atoms with van der Waals surface area (Å²) in [6.07, 6.45) is 3.06. The van der Waals surface area contributed by atoms with Crippen LogP contribution in [0.15, 0.2) is 24.5 Å². The monoisotopic (exact) mass is 208 g/mol. The van der Waals surface area contributed by atoms with Crippen LogP contribution in [0.1, 0.15) is 10.4 Å². The van der Waals surface area contributed by atoms with Crippen LogP contribution in [0.3, 0.4) is 0 Å². The number of hydrogen-bond donors (Lipinski definition) is 3. The van der Waals surface area contributed by atoms with E-state index in [1.54, 1.807) is 12.1 Å². The van der Waals surface area contributed by atoms with E-state index in [9.17, 15) is 4.79 Å². The Morgan fingerprint density at radius 1 is 1.13 bits per heavy atom. The Hall–Kier alpha value is -1.46. The molecule has 82 valence electrons. The Kier molecular flexibility index (Phi) is 5.35. The van der Waals surface area contributed by atoms with E-state index in [0.717, 1.165) is 26.2 Å². The van der Waals surface area contributed by atoms with Crippen LogP contribution >= 0.6 is 0 Å². The molecule has 5 nitrogen and oxygen atoms in total. The number of carbonyl (C=O) groups is 1. The molecule has 0 unspecified atom stereocenters. The number of nitrogens with zero attached hydrogens (tertiary/aromatic N) is 1. The molecule has 0 spiro atoms. The number of rotatable bonds is 1. The van der Waals surface area contributed by atoms with Crippen molar-refractivity contribution in [1.82, 2.24) is 15.6 Å². The van der Waals surface area contributed by atoms with E-state index in [1.807, 2.05) is 0 Å². The third-order valence-corrected chi connectivity index (χ3v) is 1.92. The van der Waals surface area contributed by atoms with Crippen molar-refractivity contribution in [2.75, 3.05) is 26.2 Å². The van der Waals surface area contributed by atoms with Gasteiger partial charge in [-0.2, -0.15) is 0 Å². The van der Waals surface area contributed by atoms with Crippen molar-refractivity contribution >= 4 is 5.91 Å². The summed E-state index contributed by atoms with van der Waals surface area (Å²) < 4.78 is 0. The lowest BCUT2D eigenvalue weighted by Crippen LogP contribution is -2.39. The Morgan fingerprint density at radius 3 is 1.87 bits per heavy atom. The summed E-state index contributed by atoms with van der Waals surface area (Å²) in [5.41, 5.74) is 5.44. The Morgan fingerprint density at radius 2 is 1.60 bits per heavy atom.